The first kappa shape index (κ1) is 18.2. The van der Waals surface area contributed by atoms with Crippen LogP contribution >= 0.6 is 11.6 Å². The summed E-state index contributed by atoms with van der Waals surface area (Å²) in [7, 11) is 1.84. The van der Waals surface area contributed by atoms with Gasteiger partial charge in [-0.3, -0.25) is 9.08 Å². The number of anilines is 2. The molecule has 0 unspecified atom stereocenters. The second-order valence-corrected chi connectivity index (χ2v) is 7.02. The van der Waals surface area contributed by atoms with Crippen LogP contribution in [-0.4, -0.2) is 39.3 Å². The van der Waals surface area contributed by atoms with E-state index in [4.69, 9.17) is 11.6 Å². The molecule has 148 valence electrons. The molecule has 0 saturated heterocycles. The van der Waals surface area contributed by atoms with Crippen molar-refractivity contribution < 1.29 is 0 Å². The van der Waals surface area contributed by atoms with Crippen molar-refractivity contribution >= 4 is 29.0 Å². The summed E-state index contributed by atoms with van der Waals surface area (Å²) in [5.74, 6) is 2.01. The van der Waals surface area contributed by atoms with Crippen molar-refractivity contribution in [3.63, 3.8) is 0 Å². The van der Waals surface area contributed by atoms with Crippen LogP contribution in [0.4, 0.5) is 11.8 Å². The van der Waals surface area contributed by atoms with E-state index >= 15 is 0 Å². The molecule has 30 heavy (non-hydrogen) atoms. The number of halogens is 1. The molecule has 10 heteroatoms. The fraction of sp³-hybridized carbons (Fsp3) is 0.100. The lowest BCUT2D eigenvalue weighted by atomic mass is 10.1. The number of aromatic nitrogens is 8. The normalized spacial score (nSPS) is 11.1. The van der Waals surface area contributed by atoms with Gasteiger partial charge in [0, 0.05) is 36.8 Å². The van der Waals surface area contributed by atoms with E-state index in [1.807, 2.05) is 47.8 Å². The molecule has 0 amide bonds. The minimum Gasteiger partial charge on any atom is -0.309 e. The van der Waals surface area contributed by atoms with Gasteiger partial charge >= 0.3 is 0 Å². The average molecular weight is 418 g/mol. The molecule has 0 atom stereocenters. The van der Waals surface area contributed by atoms with Gasteiger partial charge in [0.15, 0.2) is 5.65 Å². The first-order valence-corrected chi connectivity index (χ1v) is 9.57. The molecule has 0 bridgehead atoms. The van der Waals surface area contributed by atoms with Crippen LogP contribution in [0.5, 0.6) is 0 Å². The Balaban J connectivity index is 1.44. The summed E-state index contributed by atoms with van der Waals surface area (Å²) < 4.78 is 3.56. The van der Waals surface area contributed by atoms with Crippen LogP contribution in [0.3, 0.4) is 0 Å². The minimum absolute atomic E-state index is 0.457. The summed E-state index contributed by atoms with van der Waals surface area (Å²) in [5.41, 5.74) is 3.02. The van der Waals surface area contributed by atoms with E-state index in [9.17, 15) is 0 Å². The predicted molar refractivity (Wildman–Crippen MR) is 113 cm³/mol. The number of nitrogens with zero attached hydrogens (tertiary/aromatic N) is 8. The van der Waals surface area contributed by atoms with Crippen LogP contribution in [0.15, 0.2) is 61.2 Å². The maximum atomic E-state index is 6.27. The maximum Gasteiger partial charge on any atom is 0.228 e. The van der Waals surface area contributed by atoms with E-state index in [0.29, 0.717) is 34.4 Å². The maximum absolute atomic E-state index is 6.27. The van der Waals surface area contributed by atoms with Gasteiger partial charge in [-0.15, -0.1) is 10.2 Å². The summed E-state index contributed by atoms with van der Waals surface area (Å²) >= 11 is 6.27. The van der Waals surface area contributed by atoms with E-state index in [1.54, 1.807) is 29.5 Å². The number of rotatable bonds is 5. The van der Waals surface area contributed by atoms with Gasteiger partial charge in [-0.1, -0.05) is 29.8 Å². The minimum atomic E-state index is 0.457. The van der Waals surface area contributed by atoms with E-state index < -0.39 is 0 Å². The Morgan fingerprint density at radius 1 is 1.00 bits per heavy atom. The largest absolute Gasteiger partial charge is 0.309 e. The molecule has 0 saturated carbocycles. The number of aryl methyl sites for hydroxylation is 1. The number of fused-ring (bicyclic) bond motifs is 1. The number of nitrogens with one attached hydrogen (secondary N) is 1. The quantitative estimate of drug-likeness (QED) is 0.468. The highest BCUT2D eigenvalue weighted by Gasteiger charge is 2.12. The Morgan fingerprint density at radius 2 is 1.90 bits per heavy atom. The van der Waals surface area contributed by atoms with Crippen molar-refractivity contribution in [2.24, 2.45) is 7.05 Å². The molecular weight excluding hydrogens is 402 g/mol. The molecule has 0 radical (unpaired) electrons. The van der Waals surface area contributed by atoms with E-state index in [1.165, 1.54) is 0 Å². The zero-order valence-corrected chi connectivity index (χ0v) is 16.7. The van der Waals surface area contributed by atoms with E-state index in [-0.39, 0.29) is 0 Å². The van der Waals surface area contributed by atoms with Gasteiger partial charge in [0.25, 0.3) is 0 Å². The molecule has 0 aliphatic rings. The average Bonchev–Trinajstić information content (AvgIpc) is 3.35. The summed E-state index contributed by atoms with van der Waals surface area (Å²) in [6.45, 7) is 0. The number of hydrogen-bond acceptors (Lipinski definition) is 7. The van der Waals surface area contributed by atoms with Crippen molar-refractivity contribution in [3.8, 4) is 11.4 Å². The SMILES string of the molecule is Cn1nccc1Nc1nccc(-c2cc3nnc(Cc4ccccc4Cl)n3cn2)n1. The monoisotopic (exact) mass is 417 g/mol. The van der Waals surface area contributed by atoms with Crippen LogP contribution in [0.25, 0.3) is 17.0 Å². The van der Waals surface area contributed by atoms with Crippen molar-refractivity contribution in [2.75, 3.05) is 5.32 Å². The lowest BCUT2D eigenvalue weighted by Gasteiger charge is -2.07. The fourth-order valence-electron chi connectivity index (χ4n) is 3.09. The van der Waals surface area contributed by atoms with Crippen LogP contribution in [-0.2, 0) is 13.5 Å². The van der Waals surface area contributed by atoms with Gasteiger partial charge in [0.05, 0.1) is 17.6 Å². The molecule has 0 spiro atoms. The number of benzene rings is 1. The molecule has 0 fully saturated rings. The summed E-state index contributed by atoms with van der Waals surface area (Å²) in [6.07, 6.45) is 5.65. The molecule has 0 aliphatic carbocycles. The first-order valence-electron chi connectivity index (χ1n) is 9.19. The molecule has 5 rings (SSSR count). The Kier molecular flexibility index (Phi) is 4.56. The second kappa shape index (κ2) is 7.53. The van der Waals surface area contributed by atoms with Crippen LogP contribution in [0.2, 0.25) is 5.02 Å². The van der Waals surface area contributed by atoms with Gasteiger partial charge in [-0.25, -0.2) is 15.0 Å². The Labute approximate surface area is 176 Å². The van der Waals surface area contributed by atoms with Crippen molar-refractivity contribution in [3.05, 3.63) is 77.6 Å². The fourth-order valence-corrected chi connectivity index (χ4v) is 3.29. The molecule has 5 aromatic rings. The van der Waals surface area contributed by atoms with Crippen molar-refractivity contribution in [1.82, 2.24) is 39.3 Å². The zero-order valence-electron chi connectivity index (χ0n) is 15.9. The molecule has 1 aromatic carbocycles. The van der Waals surface area contributed by atoms with Gasteiger partial charge in [0.2, 0.25) is 5.95 Å². The van der Waals surface area contributed by atoms with Crippen LogP contribution < -0.4 is 5.32 Å². The van der Waals surface area contributed by atoms with E-state index in [0.717, 1.165) is 17.2 Å². The third-order valence-electron chi connectivity index (χ3n) is 4.66. The highest BCUT2D eigenvalue weighted by molar-refractivity contribution is 6.31. The van der Waals surface area contributed by atoms with Gasteiger partial charge < -0.3 is 5.32 Å². The standard InChI is InChI=1S/C20H16ClN9/c1-29-17(7-9-24-29)26-20-22-8-6-15(25-20)16-11-19-28-27-18(30(19)12-23-16)10-13-4-2-3-5-14(13)21/h2-9,11-12H,10H2,1H3,(H,22,25,26). The second-order valence-electron chi connectivity index (χ2n) is 6.62. The van der Waals surface area contributed by atoms with Crippen LogP contribution in [0.1, 0.15) is 11.4 Å². The number of hydrogen-bond donors (Lipinski definition) is 1. The molecule has 4 heterocycles. The van der Waals surface area contributed by atoms with Gasteiger partial charge in [-0.2, -0.15) is 5.10 Å². The Bertz CT molecular complexity index is 1340. The van der Waals surface area contributed by atoms with Crippen LogP contribution in [0, 0.1) is 0 Å². The molecule has 4 aromatic heterocycles. The highest BCUT2D eigenvalue weighted by Crippen LogP contribution is 2.21. The molecule has 1 N–H and O–H groups in total. The highest BCUT2D eigenvalue weighted by atomic mass is 35.5. The van der Waals surface area contributed by atoms with Crippen molar-refractivity contribution in [1.29, 1.82) is 0 Å². The lowest BCUT2D eigenvalue weighted by molar-refractivity contribution is 0.775. The summed E-state index contributed by atoms with van der Waals surface area (Å²) in [5, 5.41) is 16.6. The Morgan fingerprint density at radius 3 is 2.73 bits per heavy atom. The van der Waals surface area contributed by atoms with E-state index in [2.05, 4.69) is 35.6 Å². The van der Waals surface area contributed by atoms with Gasteiger partial charge in [-0.05, 0) is 17.7 Å². The molecular formula is C20H16ClN9. The third kappa shape index (κ3) is 3.46. The molecule has 0 aliphatic heterocycles. The topological polar surface area (TPSA) is 98.7 Å². The molecule has 9 nitrogen and oxygen atoms in total. The van der Waals surface area contributed by atoms with Gasteiger partial charge in [0.1, 0.15) is 18.0 Å². The predicted octanol–water partition coefficient (Wildman–Crippen LogP) is 3.30. The smallest absolute Gasteiger partial charge is 0.228 e. The summed E-state index contributed by atoms with van der Waals surface area (Å²) in [4.78, 5) is 13.4. The summed E-state index contributed by atoms with van der Waals surface area (Å²) in [6, 6.07) is 13.2. The van der Waals surface area contributed by atoms with Crippen molar-refractivity contribution in [2.45, 2.75) is 6.42 Å². The zero-order chi connectivity index (χ0) is 20.5. The Hall–Kier alpha value is -3.85. The lowest BCUT2D eigenvalue weighted by Crippen LogP contribution is -2.03. The first-order chi connectivity index (χ1) is 14.7. The third-order valence-corrected chi connectivity index (χ3v) is 5.02.